The molecule has 0 unspecified atom stereocenters. The van der Waals surface area contributed by atoms with Gasteiger partial charge in [-0.3, -0.25) is 0 Å². The molecular formula is C22H19N3O5S. The first-order valence-electron chi connectivity index (χ1n) is 9.67. The van der Waals surface area contributed by atoms with E-state index in [0.717, 1.165) is 10.9 Å². The molecule has 9 heteroatoms. The molecule has 3 heterocycles. The van der Waals surface area contributed by atoms with E-state index in [1.165, 1.54) is 17.8 Å². The second kappa shape index (κ2) is 7.66. The summed E-state index contributed by atoms with van der Waals surface area (Å²) in [6, 6.07) is 12.3. The van der Waals surface area contributed by atoms with E-state index in [9.17, 15) is 9.90 Å². The van der Waals surface area contributed by atoms with Gasteiger partial charge < -0.3 is 23.6 Å². The zero-order chi connectivity index (χ0) is 21.5. The summed E-state index contributed by atoms with van der Waals surface area (Å²) in [5.74, 6) is 2.64. The summed E-state index contributed by atoms with van der Waals surface area (Å²) in [4.78, 5) is 12.0. The molecule has 0 saturated carbocycles. The summed E-state index contributed by atoms with van der Waals surface area (Å²) in [7, 11) is 1.88. The van der Waals surface area contributed by atoms with Gasteiger partial charge in [0, 0.05) is 29.8 Å². The minimum atomic E-state index is -0.457. The van der Waals surface area contributed by atoms with Crippen LogP contribution in [0, 0.1) is 6.92 Å². The first-order chi connectivity index (χ1) is 15.0. The van der Waals surface area contributed by atoms with Crippen LogP contribution < -0.4 is 15.1 Å². The number of thioether (sulfide) groups is 1. The zero-order valence-corrected chi connectivity index (χ0v) is 17.7. The van der Waals surface area contributed by atoms with Crippen LogP contribution in [0.5, 0.6) is 17.2 Å². The van der Waals surface area contributed by atoms with Crippen LogP contribution in [-0.4, -0.2) is 26.5 Å². The molecule has 0 fully saturated rings. The summed E-state index contributed by atoms with van der Waals surface area (Å²) in [6.45, 7) is 2.07. The molecule has 1 aliphatic rings. The normalized spacial score (nSPS) is 15.4. The summed E-state index contributed by atoms with van der Waals surface area (Å²) in [6.07, 6.45) is -0.364. The fourth-order valence-corrected chi connectivity index (χ4v) is 4.47. The number of phenolic OH excluding ortho intramolecular Hbond substituents is 1. The molecule has 0 amide bonds. The Labute approximate surface area is 181 Å². The number of aryl methyl sites for hydroxylation is 1. The van der Waals surface area contributed by atoms with Gasteiger partial charge in [0.05, 0.1) is 0 Å². The van der Waals surface area contributed by atoms with Gasteiger partial charge in [0.15, 0.2) is 28.6 Å². The molecule has 1 aliphatic heterocycles. The van der Waals surface area contributed by atoms with E-state index in [4.69, 9.17) is 13.9 Å². The van der Waals surface area contributed by atoms with Crippen LogP contribution in [-0.2, 0) is 12.8 Å². The highest BCUT2D eigenvalue weighted by Gasteiger charge is 2.27. The van der Waals surface area contributed by atoms with Crippen LogP contribution in [0.4, 0.5) is 0 Å². The molecule has 0 aliphatic carbocycles. The maximum atomic E-state index is 12.0. The van der Waals surface area contributed by atoms with Gasteiger partial charge >= 0.3 is 5.63 Å². The number of aromatic hydroxyl groups is 1. The first-order valence-corrected chi connectivity index (χ1v) is 10.7. The van der Waals surface area contributed by atoms with Crippen LogP contribution >= 0.6 is 11.8 Å². The van der Waals surface area contributed by atoms with Crippen LogP contribution in [0.25, 0.3) is 11.0 Å². The third kappa shape index (κ3) is 3.50. The molecule has 0 bridgehead atoms. The Bertz CT molecular complexity index is 1350. The van der Waals surface area contributed by atoms with Crippen molar-refractivity contribution < 1.29 is 19.0 Å². The van der Waals surface area contributed by atoms with Gasteiger partial charge in [0.25, 0.3) is 0 Å². The van der Waals surface area contributed by atoms with Crippen molar-refractivity contribution >= 4 is 22.7 Å². The number of hydrogen-bond donors (Lipinski definition) is 1. The molecule has 0 radical (unpaired) electrons. The standard InChI is InChI=1S/C22H19N3O5S/c1-12-15(26)8-7-14-13(9-19(27)30-20(12)14)11-31-22-24-23-21(25(22)2)18-10-28-16-5-3-4-6-17(16)29-18/h3-9,18,26H,10-11H2,1-2H3/t18-/m1/s1. The lowest BCUT2D eigenvalue weighted by Gasteiger charge is -2.25. The second-order valence-electron chi connectivity index (χ2n) is 7.23. The molecule has 2 aromatic carbocycles. The predicted octanol–water partition coefficient (Wildman–Crippen LogP) is 3.74. The molecule has 0 saturated heterocycles. The molecule has 8 nitrogen and oxygen atoms in total. The van der Waals surface area contributed by atoms with E-state index in [1.54, 1.807) is 19.1 Å². The van der Waals surface area contributed by atoms with Crippen molar-refractivity contribution in [2.75, 3.05) is 6.61 Å². The van der Waals surface area contributed by atoms with E-state index < -0.39 is 5.63 Å². The Balaban J connectivity index is 1.39. The van der Waals surface area contributed by atoms with Crippen molar-refractivity contribution in [3.63, 3.8) is 0 Å². The number of nitrogens with zero attached hydrogens (tertiary/aromatic N) is 3. The van der Waals surface area contributed by atoms with Crippen molar-refractivity contribution in [3.8, 4) is 17.2 Å². The SMILES string of the molecule is Cc1c(O)ccc2c(CSc3nnc([C@H]4COc5ccccc5O4)n3C)cc(=O)oc12. The fraction of sp³-hybridized carbons (Fsp3) is 0.227. The Kier molecular flexibility index (Phi) is 4.82. The molecule has 1 atom stereocenters. The number of aromatic nitrogens is 3. The van der Waals surface area contributed by atoms with Crippen LogP contribution in [0.15, 0.2) is 56.8 Å². The van der Waals surface area contributed by atoms with Crippen molar-refractivity contribution in [1.82, 2.24) is 14.8 Å². The minimum Gasteiger partial charge on any atom is -0.508 e. The highest BCUT2D eigenvalue weighted by molar-refractivity contribution is 7.98. The average Bonchev–Trinajstić information content (AvgIpc) is 3.15. The first kappa shape index (κ1) is 19.5. The number of rotatable bonds is 4. The quantitative estimate of drug-likeness (QED) is 0.381. The van der Waals surface area contributed by atoms with Crippen LogP contribution in [0.3, 0.4) is 0 Å². The summed E-state index contributed by atoms with van der Waals surface area (Å²) < 4.78 is 19.0. The summed E-state index contributed by atoms with van der Waals surface area (Å²) in [5, 5.41) is 20.0. The average molecular weight is 437 g/mol. The van der Waals surface area contributed by atoms with Crippen molar-refractivity contribution in [2.24, 2.45) is 7.05 Å². The van der Waals surface area contributed by atoms with Crippen molar-refractivity contribution in [3.05, 3.63) is 69.8 Å². The van der Waals surface area contributed by atoms with Gasteiger partial charge in [0.1, 0.15) is 17.9 Å². The Morgan fingerprint density at radius 2 is 2.00 bits per heavy atom. The largest absolute Gasteiger partial charge is 0.508 e. The predicted molar refractivity (Wildman–Crippen MR) is 115 cm³/mol. The van der Waals surface area contributed by atoms with Gasteiger partial charge in [0.2, 0.25) is 0 Å². The number of benzene rings is 2. The van der Waals surface area contributed by atoms with Crippen molar-refractivity contribution in [1.29, 1.82) is 0 Å². The fourth-order valence-electron chi connectivity index (χ4n) is 3.56. The minimum absolute atomic E-state index is 0.0923. The number of fused-ring (bicyclic) bond motifs is 2. The lowest BCUT2D eigenvalue weighted by atomic mass is 10.1. The van der Waals surface area contributed by atoms with Gasteiger partial charge in [-0.15, -0.1) is 10.2 Å². The summed E-state index contributed by atoms with van der Waals surface area (Å²) >= 11 is 1.45. The maximum Gasteiger partial charge on any atom is 0.336 e. The third-order valence-electron chi connectivity index (χ3n) is 5.24. The van der Waals surface area contributed by atoms with Gasteiger partial charge in [-0.2, -0.15) is 0 Å². The van der Waals surface area contributed by atoms with E-state index >= 15 is 0 Å². The molecule has 5 rings (SSSR count). The second-order valence-corrected chi connectivity index (χ2v) is 8.17. The molecular weight excluding hydrogens is 418 g/mol. The lowest BCUT2D eigenvalue weighted by molar-refractivity contribution is 0.0825. The molecule has 0 spiro atoms. The zero-order valence-electron chi connectivity index (χ0n) is 16.9. The molecule has 158 valence electrons. The highest BCUT2D eigenvalue weighted by atomic mass is 32.2. The summed E-state index contributed by atoms with van der Waals surface area (Å²) in [5.41, 5.74) is 1.28. The Morgan fingerprint density at radius 3 is 2.84 bits per heavy atom. The molecule has 1 N–H and O–H groups in total. The number of para-hydroxylation sites is 2. The van der Waals surface area contributed by atoms with Crippen molar-refractivity contribution in [2.45, 2.75) is 23.9 Å². The smallest absolute Gasteiger partial charge is 0.336 e. The Hall–Kier alpha value is -3.46. The van der Waals surface area contributed by atoms with E-state index in [0.29, 0.717) is 46.0 Å². The monoisotopic (exact) mass is 437 g/mol. The third-order valence-corrected chi connectivity index (χ3v) is 6.31. The molecule has 2 aromatic heterocycles. The maximum absolute atomic E-state index is 12.0. The molecule has 4 aromatic rings. The van der Waals surface area contributed by atoms with Crippen LogP contribution in [0.1, 0.15) is 23.1 Å². The molecule has 31 heavy (non-hydrogen) atoms. The number of ether oxygens (including phenoxy) is 2. The van der Waals surface area contributed by atoms with Gasteiger partial charge in [-0.05, 0) is 36.8 Å². The van der Waals surface area contributed by atoms with Gasteiger partial charge in [-0.1, -0.05) is 23.9 Å². The Morgan fingerprint density at radius 1 is 1.19 bits per heavy atom. The number of hydrogen-bond acceptors (Lipinski definition) is 8. The van der Waals surface area contributed by atoms with E-state index in [2.05, 4.69) is 10.2 Å². The van der Waals surface area contributed by atoms with Crippen LogP contribution in [0.2, 0.25) is 0 Å². The number of phenols is 1. The highest BCUT2D eigenvalue weighted by Crippen LogP contribution is 2.36. The topological polar surface area (TPSA) is 99.6 Å². The van der Waals surface area contributed by atoms with E-state index in [-0.39, 0.29) is 11.9 Å². The lowest BCUT2D eigenvalue weighted by Crippen LogP contribution is -2.24. The van der Waals surface area contributed by atoms with E-state index in [1.807, 2.05) is 35.9 Å². The van der Waals surface area contributed by atoms with Gasteiger partial charge in [-0.25, -0.2) is 4.79 Å².